The number of aliphatic hydroxyl groups is 2. The number of hydrogen-bond donors (Lipinski definition) is 6. The van der Waals surface area contributed by atoms with E-state index in [-0.39, 0.29) is 32.8 Å². The normalized spacial score (nSPS) is 21.0. The van der Waals surface area contributed by atoms with Gasteiger partial charge in [0, 0.05) is 45.9 Å². The standard InChI is InChI=1S/C28H46N4O9/c1-2-23(41-22-9-7-21(8-10-22)6-4-3-5-17-33)27-28(40)32(20-26(38)39)14-12-29-11-13-30(18-24(34)35)15-16-31(27)19-25(36)37/h7-10,23,27-29,33,40H,2-6,11-20H2,1H3,(H,34,35)(H,36,37)(H,38,39). The monoisotopic (exact) mass is 582 g/mol. The van der Waals surface area contributed by atoms with E-state index < -0.39 is 49.4 Å². The first-order valence-corrected chi connectivity index (χ1v) is 14.3. The lowest BCUT2D eigenvalue weighted by Crippen LogP contribution is -2.62. The molecule has 1 aromatic rings. The van der Waals surface area contributed by atoms with Gasteiger partial charge in [0.2, 0.25) is 0 Å². The van der Waals surface area contributed by atoms with Crippen LogP contribution in [0.15, 0.2) is 24.3 Å². The van der Waals surface area contributed by atoms with Crippen molar-refractivity contribution in [2.24, 2.45) is 0 Å². The third-order valence-corrected chi connectivity index (χ3v) is 7.14. The van der Waals surface area contributed by atoms with Crippen LogP contribution in [0.25, 0.3) is 0 Å². The molecule has 0 radical (unpaired) electrons. The predicted molar refractivity (Wildman–Crippen MR) is 151 cm³/mol. The molecule has 0 saturated carbocycles. The number of ether oxygens (including phenoxy) is 1. The van der Waals surface area contributed by atoms with Crippen molar-refractivity contribution in [2.45, 2.75) is 57.4 Å². The molecule has 1 heterocycles. The summed E-state index contributed by atoms with van der Waals surface area (Å²) in [6.07, 6.45) is 1.80. The van der Waals surface area contributed by atoms with Crippen LogP contribution in [0.5, 0.6) is 5.75 Å². The highest BCUT2D eigenvalue weighted by Gasteiger charge is 2.39. The maximum Gasteiger partial charge on any atom is 0.317 e. The van der Waals surface area contributed by atoms with Gasteiger partial charge in [-0.25, -0.2) is 0 Å². The SMILES string of the molecule is CCC(Oc1ccc(CCCCCO)cc1)C1C(O)N(CC(=O)O)CCNCCN(CC(=O)O)CCN1CC(=O)O. The number of carboxylic acid groups (broad SMARTS) is 3. The Balaban J connectivity index is 2.37. The minimum Gasteiger partial charge on any atom is -0.489 e. The molecule has 3 unspecified atom stereocenters. The maximum atomic E-state index is 11.9. The topological polar surface area (TPSA) is 183 Å². The summed E-state index contributed by atoms with van der Waals surface area (Å²) in [5.74, 6) is -2.73. The summed E-state index contributed by atoms with van der Waals surface area (Å²) in [5.41, 5.74) is 1.11. The quantitative estimate of drug-likeness (QED) is 0.152. The maximum absolute atomic E-state index is 11.9. The molecule has 1 aromatic carbocycles. The highest BCUT2D eigenvalue weighted by molar-refractivity contribution is 5.70. The van der Waals surface area contributed by atoms with Gasteiger partial charge in [-0.3, -0.25) is 29.1 Å². The summed E-state index contributed by atoms with van der Waals surface area (Å²) in [5, 5.41) is 52.4. The zero-order valence-electron chi connectivity index (χ0n) is 23.9. The number of benzene rings is 1. The van der Waals surface area contributed by atoms with E-state index in [1.165, 1.54) is 4.90 Å². The van der Waals surface area contributed by atoms with Gasteiger partial charge in [-0.15, -0.1) is 0 Å². The van der Waals surface area contributed by atoms with Gasteiger partial charge >= 0.3 is 17.9 Å². The Bertz CT molecular complexity index is 934. The number of rotatable bonds is 15. The second-order valence-electron chi connectivity index (χ2n) is 10.3. The summed E-state index contributed by atoms with van der Waals surface area (Å²) >= 11 is 0. The Labute approximate surface area is 241 Å². The molecule has 2 rings (SSSR count). The highest BCUT2D eigenvalue weighted by Crippen LogP contribution is 2.23. The van der Waals surface area contributed by atoms with Crippen molar-refractivity contribution >= 4 is 17.9 Å². The first-order chi connectivity index (χ1) is 19.6. The van der Waals surface area contributed by atoms with Crippen LogP contribution in [0, 0.1) is 0 Å². The van der Waals surface area contributed by atoms with Crippen molar-refractivity contribution in [2.75, 3.05) is 65.5 Å². The van der Waals surface area contributed by atoms with Crippen molar-refractivity contribution in [3.63, 3.8) is 0 Å². The van der Waals surface area contributed by atoms with E-state index in [4.69, 9.17) is 9.84 Å². The first-order valence-electron chi connectivity index (χ1n) is 14.3. The zero-order chi connectivity index (χ0) is 30.2. The fraction of sp³-hybridized carbons (Fsp3) is 0.679. The molecule has 0 spiro atoms. The van der Waals surface area contributed by atoms with Crippen LogP contribution in [0.2, 0.25) is 0 Å². The molecule has 1 aliphatic heterocycles. The average molecular weight is 583 g/mol. The first kappa shape index (κ1) is 34.4. The smallest absolute Gasteiger partial charge is 0.317 e. The number of aliphatic hydroxyl groups excluding tert-OH is 2. The number of carboxylic acids is 3. The number of carbonyl (C=O) groups is 3. The van der Waals surface area contributed by atoms with Crippen molar-refractivity contribution in [3.8, 4) is 5.75 Å². The summed E-state index contributed by atoms with van der Waals surface area (Å²) in [6, 6.07) is 6.60. The van der Waals surface area contributed by atoms with Gasteiger partial charge in [-0.05, 0) is 43.4 Å². The van der Waals surface area contributed by atoms with Gasteiger partial charge in [-0.2, -0.15) is 0 Å². The van der Waals surface area contributed by atoms with Crippen LogP contribution in [0.4, 0.5) is 0 Å². The largest absolute Gasteiger partial charge is 0.489 e. The number of hydrogen-bond acceptors (Lipinski definition) is 10. The lowest BCUT2D eigenvalue weighted by Gasteiger charge is -2.43. The third kappa shape index (κ3) is 12.7. The number of aryl methyl sites for hydroxylation is 1. The molecular formula is C28H46N4O9. The molecule has 0 bridgehead atoms. The van der Waals surface area contributed by atoms with E-state index in [9.17, 15) is 34.8 Å². The van der Waals surface area contributed by atoms with Gasteiger partial charge in [0.25, 0.3) is 0 Å². The second kappa shape index (κ2) is 18.6. The molecule has 0 aromatic heterocycles. The zero-order valence-corrected chi connectivity index (χ0v) is 23.9. The van der Waals surface area contributed by atoms with Gasteiger partial charge in [-0.1, -0.05) is 25.5 Å². The molecule has 41 heavy (non-hydrogen) atoms. The fourth-order valence-electron chi connectivity index (χ4n) is 5.06. The van der Waals surface area contributed by atoms with Crippen LogP contribution in [-0.4, -0.2) is 142 Å². The number of unbranched alkanes of at least 4 members (excludes halogenated alkanes) is 2. The van der Waals surface area contributed by atoms with Crippen molar-refractivity contribution in [1.82, 2.24) is 20.0 Å². The van der Waals surface area contributed by atoms with Gasteiger partial charge in [0.05, 0.1) is 25.7 Å². The van der Waals surface area contributed by atoms with E-state index >= 15 is 0 Å². The summed E-state index contributed by atoms with van der Waals surface area (Å²) < 4.78 is 6.33. The molecule has 0 aliphatic carbocycles. The number of aliphatic carboxylic acids is 3. The average Bonchev–Trinajstić information content (AvgIpc) is 2.91. The Morgan fingerprint density at radius 1 is 0.878 bits per heavy atom. The van der Waals surface area contributed by atoms with Crippen LogP contribution >= 0.6 is 0 Å². The molecule has 1 fully saturated rings. The van der Waals surface area contributed by atoms with E-state index in [1.54, 1.807) is 9.80 Å². The lowest BCUT2D eigenvalue weighted by atomic mass is 10.0. The Kier molecular flexibility index (Phi) is 15.6. The molecule has 0 amide bonds. The van der Waals surface area contributed by atoms with Crippen molar-refractivity contribution < 1.29 is 44.7 Å². The van der Waals surface area contributed by atoms with Crippen molar-refractivity contribution in [1.29, 1.82) is 0 Å². The van der Waals surface area contributed by atoms with E-state index in [0.717, 1.165) is 31.2 Å². The van der Waals surface area contributed by atoms with Gasteiger partial charge in [0.15, 0.2) is 0 Å². The molecule has 6 N–H and O–H groups in total. The molecule has 1 saturated heterocycles. The number of nitrogens with zero attached hydrogens (tertiary/aromatic N) is 3. The minimum absolute atomic E-state index is 0.120. The van der Waals surface area contributed by atoms with Gasteiger partial charge < -0.3 is 35.6 Å². The van der Waals surface area contributed by atoms with Crippen LogP contribution in [0.3, 0.4) is 0 Å². The molecule has 3 atom stereocenters. The number of nitrogens with one attached hydrogen (secondary N) is 1. The summed E-state index contributed by atoms with van der Waals surface area (Å²) in [6.45, 7) is 2.61. The van der Waals surface area contributed by atoms with E-state index in [1.807, 2.05) is 31.2 Å². The summed E-state index contributed by atoms with van der Waals surface area (Å²) in [4.78, 5) is 39.7. The predicted octanol–water partition coefficient (Wildman–Crippen LogP) is -0.000900. The van der Waals surface area contributed by atoms with Crippen LogP contribution < -0.4 is 10.1 Å². The molecule has 1 aliphatic rings. The minimum atomic E-state index is -1.38. The fourth-order valence-corrected chi connectivity index (χ4v) is 5.06. The molecular weight excluding hydrogens is 536 g/mol. The molecule has 232 valence electrons. The Hall–Kier alpha value is -2.81. The van der Waals surface area contributed by atoms with Crippen molar-refractivity contribution in [3.05, 3.63) is 29.8 Å². The summed E-state index contributed by atoms with van der Waals surface area (Å²) in [7, 11) is 0. The lowest BCUT2D eigenvalue weighted by molar-refractivity contribution is -0.151. The Morgan fingerprint density at radius 3 is 2.12 bits per heavy atom. The van der Waals surface area contributed by atoms with Crippen LogP contribution in [-0.2, 0) is 20.8 Å². The van der Waals surface area contributed by atoms with Gasteiger partial charge in [0.1, 0.15) is 18.1 Å². The second-order valence-corrected chi connectivity index (χ2v) is 10.3. The van der Waals surface area contributed by atoms with E-state index in [2.05, 4.69) is 5.32 Å². The van der Waals surface area contributed by atoms with E-state index in [0.29, 0.717) is 31.8 Å². The molecule has 13 nitrogen and oxygen atoms in total. The Morgan fingerprint density at radius 2 is 1.51 bits per heavy atom. The van der Waals surface area contributed by atoms with Crippen LogP contribution in [0.1, 0.15) is 38.2 Å². The molecule has 13 heteroatoms. The highest BCUT2D eigenvalue weighted by atomic mass is 16.5. The third-order valence-electron chi connectivity index (χ3n) is 7.14.